The van der Waals surface area contributed by atoms with Gasteiger partial charge in [0.25, 0.3) is 0 Å². The fourth-order valence-corrected chi connectivity index (χ4v) is 3.13. The maximum atomic E-state index is 11.0. The summed E-state index contributed by atoms with van der Waals surface area (Å²) < 4.78 is 0.300. The monoisotopic (exact) mass is 321 g/mol. The van der Waals surface area contributed by atoms with Crippen LogP contribution in [-0.2, 0) is 4.79 Å². The minimum atomic E-state index is -1.06. The van der Waals surface area contributed by atoms with Crippen molar-refractivity contribution in [2.24, 2.45) is 4.99 Å². The van der Waals surface area contributed by atoms with Crippen molar-refractivity contribution < 1.29 is 49.0 Å². The third-order valence-electron chi connectivity index (χ3n) is 4.33. The van der Waals surface area contributed by atoms with E-state index in [4.69, 9.17) is 0 Å². The van der Waals surface area contributed by atoms with Gasteiger partial charge in [-0.15, -0.1) is 0 Å². The summed E-state index contributed by atoms with van der Waals surface area (Å²) in [6.07, 6.45) is 9.50. The Morgan fingerprint density at radius 1 is 1.23 bits per heavy atom. The number of carboxylic acid groups (broad SMARTS) is 1. The molecule has 122 valence electrons. The summed E-state index contributed by atoms with van der Waals surface area (Å²) in [5.41, 5.74) is 0. The Morgan fingerprint density at radius 3 is 2.45 bits per heavy atom. The van der Waals surface area contributed by atoms with E-state index in [1.165, 1.54) is 38.5 Å². The molecular weight excluding hydrogens is 291 g/mol. The average molecular weight is 321 g/mol. The number of nitrogens with zero attached hydrogens (tertiary/aromatic N) is 2. The number of carbonyl (C=O) groups excluding carboxylic acids is 1. The second-order valence-corrected chi connectivity index (χ2v) is 6.02. The molecule has 22 heavy (non-hydrogen) atoms. The first-order valence-corrected chi connectivity index (χ1v) is 8.35. The molecule has 6 heteroatoms. The molecule has 0 amide bonds. The molecule has 0 saturated heterocycles. The van der Waals surface area contributed by atoms with Gasteiger partial charge in [-0.25, -0.2) is 4.99 Å². The summed E-state index contributed by atoms with van der Waals surface area (Å²) >= 11 is 0. The van der Waals surface area contributed by atoms with E-state index in [0.29, 0.717) is 24.1 Å². The third-order valence-corrected chi connectivity index (χ3v) is 4.33. The first kappa shape index (κ1) is 22.1. The molecule has 0 fully saturated rings. The zero-order valence-electron chi connectivity index (χ0n) is 14.4. The molecular formula is C16H30N2NaO3+. The van der Waals surface area contributed by atoms with Gasteiger partial charge in [-0.2, -0.15) is 0 Å². The molecule has 0 spiro atoms. The Balaban J connectivity index is 0.00000441. The first-order valence-electron chi connectivity index (χ1n) is 8.35. The summed E-state index contributed by atoms with van der Waals surface area (Å²) in [6, 6.07) is 0. The van der Waals surface area contributed by atoms with Crippen LogP contribution in [0.1, 0.15) is 58.3 Å². The van der Waals surface area contributed by atoms with Crippen molar-refractivity contribution in [3.63, 3.8) is 0 Å². The summed E-state index contributed by atoms with van der Waals surface area (Å²) in [5, 5.41) is 20.2. The van der Waals surface area contributed by atoms with Gasteiger partial charge in [0, 0.05) is 6.42 Å². The average Bonchev–Trinajstić information content (AvgIpc) is 2.80. The van der Waals surface area contributed by atoms with Crippen LogP contribution in [-0.4, -0.2) is 54.2 Å². The van der Waals surface area contributed by atoms with Crippen molar-refractivity contribution in [2.75, 3.05) is 32.8 Å². The molecule has 5 nitrogen and oxygen atoms in total. The standard InChI is InChI=1S/C16H30N2O3.Na/c1-2-3-4-5-6-7-8-9-15-17-10-11-18(15,12-13-19)14-16(20)21;/h19H,2-14H2,1H3;/q;+1. The van der Waals surface area contributed by atoms with Gasteiger partial charge in [0.2, 0.25) is 0 Å². The van der Waals surface area contributed by atoms with Crippen molar-refractivity contribution in [1.29, 1.82) is 0 Å². The largest absolute Gasteiger partial charge is 1.00 e. The van der Waals surface area contributed by atoms with E-state index in [0.717, 1.165) is 18.7 Å². The SMILES string of the molecule is CCCCCCCCCC1=NCC[N+]1(CCO)CC(=O)[O-].[Na+]. The number of carboxylic acids is 1. The quantitative estimate of drug-likeness (QED) is 0.259. The van der Waals surface area contributed by atoms with Crippen molar-refractivity contribution >= 4 is 11.8 Å². The van der Waals surface area contributed by atoms with E-state index in [-0.39, 0.29) is 42.7 Å². The third kappa shape index (κ3) is 7.55. The van der Waals surface area contributed by atoms with Crippen LogP contribution < -0.4 is 34.7 Å². The van der Waals surface area contributed by atoms with E-state index in [1.807, 2.05) is 0 Å². The molecule has 0 aliphatic carbocycles. The molecule has 1 atom stereocenters. The van der Waals surface area contributed by atoms with Gasteiger partial charge < -0.3 is 15.0 Å². The molecule has 0 aromatic heterocycles. The molecule has 1 aliphatic rings. The predicted molar refractivity (Wildman–Crippen MR) is 81.9 cm³/mol. The van der Waals surface area contributed by atoms with Crippen LogP contribution >= 0.6 is 0 Å². The zero-order valence-corrected chi connectivity index (χ0v) is 16.4. The van der Waals surface area contributed by atoms with Gasteiger partial charge in [0.05, 0.1) is 19.1 Å². The maximum Gasteiger partial charge on any atom is 1.00 e. The van der Waals surface area contributed by atoms with Gasteiger partial charge in [0.15, 0.2) is 5.84 Å². The Bertz CT molecular complexity index is 350. The summed E-state index contributed by atoms with van der Waals surface area (Å²) in [6.45, 7) is 3.93. The second kappa shape index (κ2) is 12.5. The van der Waals surface area contributed by atoms with Crippen molar-refractivity contribution in [3.8, 4) is 0 Å². The van der Waals surface area contributed by atoms with Crippen molar-refractivity contribution in [1.82, 2.24) is 0 Å². The Hall–Kier alpha value is 0.0600. The van der Waals surface area contributed by atoms with Gasteiger partial charge in [-0.1, -0.05) is 45.4 Å². The minimum absolute atomic E-state index is 0. The molecule has 0 aromatic carbocycles. The van der Waals surface area contributed by atoms with Gasteiger partial charge in [-0.3, -0.25) is 4.48 Å². The van der Waals surface area contributed by atoms with Crippen molar-refractivity contribution in [2.45, 2.75) is 58.3 Å². The van der Waals surface area contributed by atoms with Crippen LogP contribution in [0.2, 0.25) is 0 Å². The number of carbonyl (C=O) groups is 1. The Morgan fingerprint density at radius 2 is 1.86 bits per heavy atom. The van der Waals surface area contributed by atoms with Crippen LogP contribution in [0.4, 0.5) is 0 Å². The topological polar surface area (TPSA) is 72.7 Å². The summed E-state index contributed by atoms with van der Waals surface area (Å²) in [4.78, 5) is 15.5. The molecule has 1 rings (SSSR count). The van der Waals surface area contributed by atoms with E-state index in [2.05, 4.69) is 11.9 Å². The molecule has 1 aliphatic heterocycles. The Kier molecular flexibility index (Phi) is 12.5. The number of quaternary nitrogens is 1. The van der Waals surface area contributed by atoms with Gasteiger partial charge >= 0.3 is 29.6 Å². The molecule has 0 bridgehead atoms. The fraction of sp³-hybridized carbons (Fsp3) is 0.875. The number of aliphatic carboxylic acids is 1. The van der Waals surface area contributed by atoms with E-state index >= 15 is 0 Å². The number of hydrogen-bond donors (Lipinski definition) is 1. The van der Waals surface area contributed by atoms with Crippen LogP contribution in [0.3, 0.4) is 0 Å². The molecule has 1 N–H and O–H groups in total. The van der Waals surface area contributed by atoms with Gasteiger partial charge in [0.1, 0.15) is 19.6 Å². The number of rotatable bonds is 12. The number of aliphatic imine (C=N–C) groups is 1. The van der Waals surface area contributed by atoms with Crippen LogP contribution in [0.5, 0.6) is 0 Å². The molecule has 0 radical (unpaired) electrons. The van der Waals surface area contributed by atoms with Crippen LogP contribution in [0.25, 0.3) is 0 Å². The van der Waals surface area contributed by atoms with Crippen molar-refractivity contribution in [3.05, 3.63) is 0 Å². The molecule has 1 heterocycles. The Labute approximate surface area is 156 Å². The zero-order chi connectivity index (χ0) is 15.6. The van der Waals surface area contributed by atoms with E-state index < -0.39 is 5.97 Å². The normalized spacial score (nSPS) is 20.5. The van der Waals surface area contributed by atoms with Crippen LogP contribution in [0.15, 0.2) is 4.99 Å². The number of amidine groups is 1. The summed E-state index contributed by atoms with van der Waals surface area (Å²) in [5.74, 6) is -0.112. The minimum Gasteiger partial charge on any atom is -0.544 e. The first-order chi connectivity index (χ1) is 10.1. The number of hydrogen-bond acceptors (Lipinski definition) is 4. The van der Waals surface area contributed by atoms with E-state index in [1.54, 1.807) is 0 Å². The number of aliphatic hydroxyl groups excluding tert-OH is 1. The molecule has 0 aromatic rings. The smallest absolute Gasteiger partial charge is 0.544 e. The summed E-state index contributed by atoms with van der Waals surface area (Å²) in [7, 11) is 0. The van der Waals surface area contributed by atoms with Gasteiger partial charge in [-0.05, 0) is 6.42 Å². The predicted octanol–water partition coefficient (Wildman–Crippen LogP) is -1.90. The van der Waals surface area contributed by atoms with Crippen LogP contribution in [0, 0.1) is 0 Å². The maximum absolute atomic E-state index is 11.0. The second-order valence-electron chi connectivity index (χ2n) is 6.02. The van der Waals surface area contributed by atoms with E-state index in [9.17, 15) is 15.0 Å². The number of aliphatic hydroxyl groups is 1. The molecule has 1 unspecified atom stereocenters. The molecule has 0 saturated carbocycles. The fourth-order valence-electron chi connectivity index (χ4n) is 3.13. The number of unbranched alkanes of at least 4 members (excludes halogenated alkanes) is 6.